The van der Waals surface area contributed by atoms with Gasteiger partial charge in [-0.25, -0.2) is 4.98 Å². The second kappa shape index (κ2) is 6.48. The molecule has 0 spiro atoms. The summed E-state index contributed by atoms with van der Waals surface area (Å²) in [4.78, 5) is 19.1. The zero-order chi connectivity index (χ0) is 15.6. The van der Waals surface area contributed by atoms with E-state index in [1.807, 2.05) is 61.4 Å². The molecule has 114 valence electrons. The van der Waals surface area contributed by atoms with Gasteiger partial charge < -0.3 is 9.47 Å². The van der Waals surface area contributed by atoms with E-state index in [0.717, 1.165) is 16.9 Å². The first-order chi connectivity index (χ1) is 10.0. The van der Waals surface area contributed by atoms with E-state index in [1.165, 1.54) is 0 Å². The molecule has 0 fully saturated rings. The van der Waals surface area contributed by atoms with Gasteiger partial charge >= 0.3 is 0 Å². The fraction of sp³-hybridized carbons (Fsp3) is 0.500. The highest BCUT2D eigenvalue weighted by atomic mass is 35.5. The zero-order valence-electron chi connectivity index (χ0n) is 13.0. The molecule has 0 aliphatic carbocycles. The van der Waals surface area contributed by atoms with Crippen molar-refractivity contribution < 1.29 is 4.79 Å². The number of amides is 1. The van der Waals surface area contributed by atoms with Crippen LogP contribution in [0.4, 0.5) is 0 Å². The highest BCUT2D eigenvalue weighted by molar-refractivity contribution is 6.20. The van der Waals surface area contributed by atoms with Crippen molar-refractivity contribution in [1.82, 2.24) is 14.5 Å². The standard InChI is InChI=1S/C16H22ClN3O/c1-5-19(6-2)16(21)12(4)20-14-10-8-7-9-13(14)18-15(20)11(3)17/h7-12H,5-6H2,1-4H3. The Hall–Kier alpha value is -1.55. The molecule has 0 N–H and O–H groups in total. The fourth-order valence-corrected chi connectivity index (χ4v) is 2.81. The fourth-order valence-electron chi connectivity index (χ4n) is 2.66. The van der Waals surface area contributed by atoms with Crippen LogP contribution in [0.2, 0.25) is 0 Å². The summed E-state index contributed by atoms with van der Waals surface area (Å²) < 4.78 is 1.97. The maximum Gasteiger partial charge on any atom is 0.245 e. The Morgan fingerprint density at radius 2 is 1.90 bits per heavy atom. The van der Waals surface area contributed by atoms with Gasteiger partial charge in [0.25, 0.3) is 0 Å². The van der Waals surface area contributed by atoms with Crippen molar-refractivity contribution in [3.05, 3.63) is 30.1 Å². The lowest BCUT2D eigenvalue weighted by molar-refractivity contribution is -0.133. The Morgan fingerprint density at radius 1 is 1.29 bits per heavy atom. The smallest absolute Gasteiger partial charge is 0.245 e. The summed E-state index contributed by atoms with van der Waals surface area (Å²) in [6.07, 6.45) is 0. The molecule has 2 unspecified atom stereocenters. The molecule has 1 amide bonds. The van der Waals surface area contributed by atoms with Gasteiger partial charge in [-0.15, -0.1) is 11.6 Å². The van der Waals surface area contributed by atoms with Gasteiger partial charge in [0.1, 0.15) is 11.9 Å². The van der Waals surface area contributed by atoms with Gasteiger partial charge in [-0.3, -0.25) is 4.79 Å². The van der Waals surface area contributed by atoms with Crippen LogP contribution in [-0.2, 0) is 4.79 Å². The van der Waals surface area contributed by atoms with E-state index in [9.17, 15) is 4.79 Å². The van der Waals surface area contributed by atoms with E-state index in [2.05, 4.69) is 4.98 Å². The quantitative estimate of drug-likeness (QED) is 0.789. The lowest BCUT2D eigenvalue weighted by Gasteiger charge is -2.25. The van der Waals surface area contributed by atoms with Crippen molar-refractivity contribution in [1.29, 1.82) is 0 Å². The molecule has 0 aliphatic heterocycles. The van der Waals surface area contributed by atoms with Crippen molar-refractivity contribution in [2.75, 3.05) is 13.1 Å². The number of benzene rings is 1. The zero-order valence-corrected chi connectivity index (χ0v) is 13.8. The number of aromatic nitrogens is 2. The van der Waals surface area contributed by atoms with E-state index in [1.54, 1.807) is 0 Å². The van der Waals surface area contributed by atoms with E-state index >= 15 is 0 Å². The van der Waals surface area contributed by atoms with Crippen LogP contribution in [0.3, 0.4) is 0 Å². The number of likely N-dealkylation sites (N-methyl/N-ethyl adjacent to an activating group) is 1. The second-order valence-corrected chi connectivity index (χ2v) is 5.79. The van der Waals surface area contributed by atoms with Crippen LogP contribution in [0.1, 0.15) is 44.9 Å². The number of alkyl halides is 1. The number of nitrogens with zero attached hydrogens (tertiary/aromatic N) is 3. The molecule has 21 heavy (non-hydrogen) atoms. The number of carbonyl (C=O) groups excluding carboxylic acids is 1. The van der Waals surface area contributed by atoms with Crippen molar-refractivity contribution in [2.45, 2.75) is 39.1 Å². The third-order valence-corrected chi connectivity index (χ3v) is 3.99. The molecule has 0 saturated carbocycles. The van der Waals surface area contributed by atoms with Crippen LogP contribution in [0.5, 0.6) is 0 Å². The molecule has 0 saturated heterocycles. The summed E-state index contributed by atoms with van der Waals surface area (Å²) in [5, 5.41) is -0.246. The van der Waals surface area contributed by atoms with E-state index in [0.29, 0.717) is 13.1 Å². The van der Waals surface area contributed by atoms with E-state index in [4.69, 9.17) is 11.6 Å². The van der Waals surface area contributed by atoms with Crippen LogP contribution in [0.15, 0.2) is 24.3 Å². The number of rotatable bonds is 5. The molecule has 1 aromatic carbocycles. The summed E-state index contributed by atoms with van der Waals surface area (Å²) in [7, 11) is 0. The Bertz CT molecular complexity index is 631. The minimum atomic E-state index is -0.312. The van der Waals surface area contributed by atoms with Crippen molar-refractivity contribution >= 4 is 28.5 Å². The summed E-state index contributed by atoms with van der Waals surface area (Å²) in [6.45, 7) is 9.19. The average Bonchev–Trinajstić information content (AvgIpc) is 2.87. The van der Waals surface area contributed by atoms with E-state index in [-0.39, 0.29) is 17.3 Å². The maximum absolute atomic E-state index is 12.7. The van der Waals surface area contributed by atoms with Crippen LogP contribution in [0.25, 0.3) is 11.0 Å². The lowest BCUT2D eigenvalue weighted by Crippen LogP contribution is -2.36. The number of halogens is 1. The molecule has 1 heterocycles. The monoisotopic (exact) mass is 307 g/mol. The Morgan fingerprint density at radius 3 is 2.48 bits per heavy atom. The molecule has 2 aromatic rings. The molecule has 0 radical (unpaired) electrons. The Balaban J connectivity index is 2.53. The third kappa shape index (κ3) is 2.91. The van der Waals surface area contributed by atoms with Crippen LogP contribution in [-0.4, -0.2) is 33.4 Å². The van der Waals surface area contributed by atoms with Crippen LogP contribution >= 0.6 is 11.6 Å². The number of hydrogen-bond acceptors (Lipinski definition) is 2. The number of imidazole rings is 1. The maximum atomic E-state index is 12.7. The minimum Gasteiger partial charge on any atom is -0.341 e. The van der Waals surface area contributed by atoms with Crippen LogP contribution in [0, 0.1) is 0 Å². The van der Waals surface area contributed by atoms with Gasteiger partial charge in [0.05, 0.1) is 16.4 Å². The first-order valence-corrected chi connectivity index (χ1v) is 7.84. The summed E-state index contributed by atoms with van der Waals surface area (Å²) in [5.74, 6) is 0.840. The van der Waals surface area contributed by atoms with E-state index < -0.39 is 0 Å². The Kier molecular flexibility index (Phi) is 4.88. The first kappa shape index (κ1) is 15.8. The second-order valence-electron chi connectivity index (χ2n) is 5.13. The van der Waals surface area contributed by atoms with Gasteiger partial charge in [0, 0.05) is 13.1 Å². The molecular weight excluding hydrogens is 286 g/mol. The highest BCUT2D eigenvalue weighted by Crippen LogP contribution is 2.28. The van der Waals surface area contributed by atoms with Crippen molar-refractivity contribution in [2.24, 2.45) is 0 Å². The van der Waals surface area contributed by atoms with Gasteiger partial charge in [-0.2, -0.15) is 0 Å². The number of carbonyl (C=O) groups is 1. The minimum absolute atomic E-state index is 0.0988. The SMILES string of the molecule is CCN(CC)C(=O)C(C)n1c(C(C)Cl)nc2ccccc21. The van der Waals surface area contributed by atoms with Gasteiger partial charge in [0.2, 0.25) is 5.91 Å². The van der Waals surface area contributed by atoms with Crippen molar-refractivity contribution in [3.63, 3.8) is 0 Å². The number of hydrogen-bond donors (Lipinski definition) is 0. The predicted molar refractivity (Wildman–Crippen MR) is 86.6 cm³/mol. The molecule has 4 nitrogen and oxygen atoms in total. The molecule has 2 atom stereocenters. The molecule has 1 aromatic heterocycles. The average molecular weight is 308 g/mol. The van der Waals surface area contributed by atoms with Gasteiger partial charge in [-0.1, -0.05) is 12.1 Å². The normalized spacial score (nSPS) is 14.1. The summed E-state index contributed by atoms with van der Waals surface area (Å²) >= 11 is 6.27. The predicted octanol–water partition coefficient (Wildman–Crippen LogP) is 3.77. The molecule has 5 heteroatoms. The summed E-state index contributed by atoms with van der Waals surface area (Å²) in [6, 6.07) is 7.52. The third-order valence-electron chi connectivity index (χ3n) is 3.80. The van der Waals surface area contributed by atoms with Gasteiger partial charge in [0.15, 0.2) is 0 Å². The highest BCUT2D eigenvalue weighted by Gasteiger charge is 2.25. The summed E-state index contributed by atoms with van der Waals surface area (Å²) in [5.41, 5.74) is 1.83. The topological polar surface area (TPSA) is 38.1 Å². The number of fused-ring (bicyclic) bond motifs is 1. The molecule has 2 rings (SSSR count). The Labute approximate surface area is 130 Å². The lowest BCUT2D eigenvalue weighted by atomic mass is 10.2. The number of para-hydroxylation sites is 2. The van der Waals surface area contributed by atoms with Crippen molar-refractivity contribution in [3.8, 4) is 0 Å². The largest absolute Gasteiger partial charge is 0.341 e. The molecular formula is C16H22ClN3O. The first-order valence-electron chi connectivity index (χ1n) is 7.40. The van der Waals surface area contributed by atoms with Gasteiger partial charge in [-0.05, 0) is 39.8 Å². The molecule has 0 aliphatic rings. The van der Waals surface area contributed by atoms with Crippen LogP contribution < -0.4 is 0 Å². The molecule has 0 bridgehead atoms.